The van der Waals surface area contributed by atoms with Crippen molar-refractivity contribution in [2.45, 2.75) is 32.6 Å². The maximum Gasteiger partial charge on any atom is 0.340 e. The van der Waals surface area contributed by atoms with Gasteiger partial charge < -0.3 is 9.15 Å². The lowest BCUT2D eigenvalue weighted by Gasteiger charge is -2.13. The second-order valence-corrected chi connectivity index (χ2v) is 6.56. The SMILES string of the molecule is CCOC(=O)Cc1c(-c2ccccc2)c2cc3c(cc2oc1=O)CCC3. The number of rotatable bonds is 4. The highest BCUT2D eigenvalue weighted by Crippen LogP contribution is 2.35. The molecule has 0 saturated heterocycles. The fourth-order valence-corrected chi connectivity index (χ4v) is 3.76. The third-order valence-corrected chi connectivity index (χ3v) is 4.90. The molecule has 1 aromatic heterocycles. The van der Waals surface area contributed by atoms with Gasteiger partial charge in [-0.2, -0.15) is 0 Å². The molecule has 0 spiro atoms. The minimum absolute atomic E-state index is 0.0899. The minimum atomic E-state index is -0.470. The molecule has 0 atom stereocenters. The first-order valence-corrected chi connectivity index (χ1v) is 9.00. The standard InChI is InChI=1S/C22H20O4/c1-2-25-20(23)13-18-21(14-7-4-3-5-8-14)17-11-15-9-6-10-16(15)12-19(17)26-22(18)24/h3-5,7-8,11-12H,2,6,9-10,13H2,1H3. The minimum Gasteiger partial charge on any atom is -0.466 e. The number of hydrogen-bond acceptors (Lipinski definition) is 4. The van der Waals surface area contributed by atoms with Gasteiger partial charge in [0, 0.05) is 10.9 Å². The molecule has 4 rings (SSSR count). The van der Waals surface area contributed by atoms with Crippen LogP contribution in [-0.2, 0) is 28.8 Å². The van der Waals surface area contributed by atoms with E-state index in [0.29, 0.717) is 11.1 Å². The smallest absolute Gasteiger partial charge is 0.340 e. The van der Waals surface area contributed by atoms with Gasteiger partial charge in [0.15, 0.2) is 0 Å². The lowest BCUT2D eigenvalue weighted by Crippen LogP contribution is -2.17. The first-order valence-electron chi connectivity index (χ1n) is 9.00. The molecule has 0 bridgehead atoms. The number of carbonyl (C=O) groups excluding carboxylic acids is 1. The third kappa shape index (κ3) is 2.92. The van der Waals surface area contributed by atoms with Crippen molar-refractivity contribution in [3.8, 4) is 11.1 Å². The Labute approximate surface area is 151 Å². The van der Waals surface area contributed by atoms with Crippen molar-refractivity contribution in [2.24, 2.45) is 0 Å². The predicted molar refractivity (Wildman–Crippen MR) is 100 cm³/mol. The van der Waals surface area contributed by atoms with Crippen LogP contribution >= 0.6 is 0 Å². The Morgan fingerprint density at radius 3 is 2.58 bits per heavy atom. The highest BCUT2D eigenvalue weighted by molar-refractivity contribution is 5.97. The highest BCUT2D eigenvalue weighted by Gasteiger charge is 2.22. The molecule has 1 heterocycles. The van der Waals surface area contributed by atoms with Crippen molar-refractivity contribution in [1.29, 1.82) is 0 Å². The van der Waals surface area contributed by atoms with E-state index in [9.17, 15) is 9.59 Å². The molecule has 4 heteroatoms. The monoisotopic (exact) mass is 348 g/mol. The Hall–Kier alpha value is -2.88. The van der Waals surface area contributed by atoms with Crippen LogP contribution < -0.4 is 5.63 Å². The van der Waals surface area contributed by atoms with Crippen molar-refractivity contribution >= 4 is 16.9 Å². The average Bonchev–Trinajstić information content (AvgIpc) is 3.09. The van der Waals surface area contributed by atoms with E-state index in [1.54, 1.807) is 6.92 Å². The van der Waals surface area contributed by atoms with Crippen LogP contribution in [0.2, 0.25) is 0 Å². The maximum atomic E-state index is 12.7. The zero-order valence-electron chi connectivity index (χ0n) is 14.7. The Morgan fingerprint density at radius 2 is 1.85 bits per heavy atom. The van der Waals surface area contributed by atoms with Gasteiger partial charge in [0.05, 0.1) is 18.6 Å². The van der Waals surface area contributed by atoms with Crippen molar-refractivity contribution < 1.29 is 13.9 Å². The molecule has 0 unspecified atom stereocenters. The number of ether oxygens (including phenoxy) is 1. The van der Waals surface area contributed by atoms with E-state index in [1.807, 2.05) is 36.4 Å². The zero-order valence-corrected chi connectivity index (χ0v) is 14.7. The summed E-state index contributed by atoms with van der Waals surface area (Å²) < 4.78 is 10.7. The van der Waals surface area contributed by atoms with Gasteiger partial charge in [-0.1, -0.05) is 30.3 Å². The Balaban J connectivity index is 2.00. The Morgan fingerprint density at radius 1 is 1.12 bits per heavy atom. The van der Waals surface area contributed by atoms with E-state index in [1.165, 1.54) is 11.1 Å². The molecular weight excluding hydrogens is 328 g/mol. The molecule has 0 aliphatic heterocycles. The molecule has 0 radical (unpaired) electrons. The molecule has 0 saturated carbocycles. The van der Waals surface area contributed by atoms with Gasteiger partial charge >= 0.3 is 11.6 Å². The van der Waals surface area contributed by atoms with E-state index in [2.05, 4.69) is 6.07 Å². The van der Waals surface area contributed by atoms with Gasteiger partial charge in [0.1, 0.15) is 5.58 Å². The lowest BCUT2D eigenvalue weighted by molar-refractivity contribution is -0.142. The van der Waals surface area contributed by atoms with Gasteiger partial charge in [-0.3, -0.25) is 4.79 Å². The Kier molecular flexibility index (Phi) is 4.33. The predicted octanol–water partition coefficient (Wildman–Crippen LogP) is 4.05. The highest BCUT2D eigenvalue weighted by atomic mass is 16.5. The van der Waals surface area contributed by atoms with Crippen molar-refractivity contribution in [3.05, 3.63) is 69.6 Å². The summed E-state index contributed by atoms with van der Waals surface area (Å²) in [6, 6.07) is 13.8. The average molecular weight is 348 g/mol. The number of esters is 1. The van der Waals surface area contributed by atoms with Crippen LogP contribution in [0.15, 0.2) is 51.7 Å². The summed E-state index contributed by atoms with van der Waals surface area (Å²) in [6.07, 6.45) is 3.08. The summed E-state index contributed by atoms with van der Waals surface area (Å²) in [4.78, 5) is 24.8. The van der Waals surface area contributed by atoms with Crippen LogP contribution in [0.4, 0.5) is 0 Å². The summed E-state index contributed by atoms with van der Waals surface area (Å²) in [5, 5.41) is 0.885. The molecule has 3 aromatic rings. The molecule has 0 amide bonds. The topological polar surface area (TPSA) is 56.5 Å². The van der Waals surface area contributed by atoms with Crippen molar-refractivity contribution in [3.63, 3.8) is 0 Å². The van der Waals surface area contributed by atoms with Gasteiger partial charge in [-0.05, 0) is 55.0 Å². The molecule has 4 nitrogen and oxygen atoms in total. The molecule has 1 aliphatic rings. The molecule has 2 aromatic carbocycles. The van der Waals surface area contributed by atoms with Gasteiger partial charge in [0.25, 0.3) is 0 Å². The maximum absolute atomic E-state index is 12.7. The molecule has 132 valence electrons. The number of fused-ring (bicyclic) bond motifs is 2. The quantitative estimate of drug-likeness (QED) is 0.527. The summed E-state index contributed by atoms with van der Waals surface area (Å²) in [6.45, 7) is 2.04. The lowest BCUT2D eigenvalue weighted by atomic mass is 9.93. The van der Waals surface area contributed by atoms with E-state index in [4.69, 9.17) is 9.15 Å². The van der Waals surface area contributed by atoms with Crippen LogP contribution in [0.5, 0.6) is 0 Å². The number of hydrogen-bond donors (Lipinski definition) is 0. The van der Waals surface area contributed by atoms with Crippen LogP contribution in [0, 0.1) is 0 Å². The van der Waals surface area contributed by atoms with Gasteiger partial charge in [0.2, 0.25) is 0 Å². The first-order chi connectivity index (χ1) is 12.7. The van der Waals surface area contributed by atoms with Crippen LogP contribution in [0.1, 0.15) is 30.0 Å². The Bertz CT molecular complexity index is 1030. The van der Waals surface area contributed by atoms with Crippen LogP contribution in [0.3, 0.4) is 0 Å². The zero-order chi connectivity index (χ0) is 18.1. The van der Waals surface area contributed by atoms with E-state index >= 15 is 0 Å². The van der Waals surface area contributed by atoms with E-state index < -0.39 is 11.6 Å². The first kappa shape index (κ1) is 16.6. The molecule has 1 aliphatic carbocycles. The molecule has 0 fully saturated rings. The third-order valence-electron chi connectivity index (χ3n) is 4.90. The van der Waals surface area contributed by atoms with Gasteiger partial charge in [-0.15, -0.1) is 0 Å². The largest absolute Gasteiger partial charge is 0.466 e. The van der Waals surface area contributed by atoms with E-state index in [-0.39, 0.29) is 13.0 Å². The van der Waals surface area contributed by atoms with Crippen molar-refractivity contribution in [2.75, 3.05) is 6.61 Å². The van der Waals surface area contributed by atoms with Crippen LogP contribution in [-0.4, -0.2) is 12.6 Å². The second-order valence-electron chi connectivity index (χ2n) is 6.56. The number of carbonyl (C=O) groups is 1. The summed E-state index contributed by atoms with van der Waals surface area (Å²) >= 11 is 0. The summed E-state index contributed by atoms with van der Waals surface area (Å²) in [5.41, 5.74) is 4.70. The number of benzene rings is 2. The number of aryl methyl sites for hydroxylation is 2. The molecule has 26 heavy (non-hydrogen) atoms. The molecular formula is C22H20O4. The van der Waals surface area contributed by atoms with Crippen molar-refractivity contribution in [1.82, 2.24) is 0 Å². The second kappa shape index (κ2) is 6.79. The summed E-state index contributed by atoms with van der Waals surface area (Å²) in [7, 11) is 0. The van der Waals surface area contributed by atoms with E-state index in [0.717, 1.165) is 35.8 Å². The normalized spacial score (nSPS) is 13.0. The summed E-state index contributed by atoms with van der Waals surface area (Å²) in [5.74, 6) is -0.419. The van der Waals surface area contributed by atoms with Gasteiger partial charge in [-0.25, -0.2) is 4.79 Å². The van der Waals surface area contributed by atoms with Crippen LogP contribution in [0.25, 0.3) is 22.1 Å². The molecule has 0 N–H and O–H groups in total. The fraction of sp³-hybridized carbons (Fsp3) is 0.273. The fourth-order valence-electron chi connectivity index (χ4n) is 3.76.